The minimum absolute atomic E-state index is 0.295. The number of para-hydroxylation sites is 1. The van der Waals surface area contributed by atoms with Gasteiger partial charge >= 0.3 is 24.3 Å². The SMILES string of the molecule is CCc1ccccc1Nc1c(C(N)=O)cnc2nc(-c3cnc[nH]3)[nH]c12.O=C(O)C(F)(F)F.O=C(O)C(F)(F)F. The summed E-state index contributed by atoms with van der Waals surface area (Å²) in [5.74, 6) is -5.49. The number of aryl methyl sites for hydroxylation is 1. The molecule has 0 aliphatic rings. The molecule has 1 aromatic carbocycles. The Morgan fingerprint density at radius 3 is 2.05 bits per heavy atom. The van der Waals surface area contributed by atoms with Gasteiger partial charge in [0.25, 0.3) is 5.91 Å². The monoisotopic (exact) mass is 575 g/mol. The van der Waals surface area contributed by atoms with Crippen molar-refractivity contribution in [2.75, 3.05) is 5.32 Å². The third-order valence-electron chi connectivity index (χ3n) is 4.68. The first-order valence-electron chi connectivity index (χ1n) is 10.7. The fourth-order valence-corrected chi connectivity index (χ4v) is 2.87. The average molecular weight is 575 g/mol. The molecule has 214 valence electrons. The molecular weight excluding hydrogens is 556 g/mol. The third-order valence-corrected chi connectivity index (χ3v) is 4.68. The van der Waals surface area contributed by atoms with Crippen LogP contribution < -0.4 is 11.1 Å². The van der Waals surface area contributed by atoms with E-state index in [0.717, 1.165) is 23.4 Å². The van der Waals surface area contributed by atoms with Gasteiger partial charge < -0.3 is 31.2 Å². The Labute approximate surface area is 219 Å². The minimum Gasteiger partial charge on any atom is -0.475 e. The van der Waals surface area contributed by atoms with Crippen LogP contribution >= 0.6 is 0 Å². The molecule has 0 radical (unpaired) electrons. The standard InChI is InChI=1S/C18H17N7O.2C2HF3O2/c1-2-10-5-3-4-6-12(10)23-14-11(16(19)26)7-21-18-15(14)24-17(25-18)13-8-20-9-22-13;2*3-2(4,5)1(6)7/h3-9H,2H2,1H3,(H2,19,26)(H,20,22)(H2,21,23,24,25);2*(H,6,7). The number of fused-ring (bicyclic) bond motifs is 1. The van der Waals surface area contributed by atoms with Crippen LogP contribution in [0, 0.1) is 0 Å². The molecule has 12 nitrogen and oxygen atoms in total. The quantitative estimate of drug-likeness (QED) is 0.190. The summed E-state index contributed by atoms with van der Waals surface area (Å²) in [5.41, 5.74) is 10.3. The second kappa shape index (κ2) is 12.6. The zero-order valence-corrected chi connectivity index (χ0v) is 20.1. The molecule has 0 bridgehead atoms. The number of carbonyl (C=O) groups excluding carboxylic acids is 1. The van der Waals surface area contributed by atoms with Crippen LogP contribution in [0.15, 0.2) is 43.0 Å². The fourth-order valence-electron chi connectivity index (χ4n) is 2.87. The van der Waals surface area contributed by atoms with Crippen molar-refractivity contribution in [3.63, 3.8) is 0 Å². The highest BCUT2D eigenvalue weighted by molar-refractivity contribution is 6.06. The lowest BCUT2D eigenvalue weighted by molar-refractivity contribution is -0.193. The molecule has 18 heteroatoms. The highest BCUT2D eigenvalue weighted by Crippen LogP contribution is 2.31. The van der Waals surface area contributed by atoms with Gasteiger partial charge in [0, 0.05) is 11.9 Å². The number of nitrogens with one attached hydrogen (secondary N) is 3. The number of carbonyl (C=O) groups is 3. The van der Waals surface area contributed by atoms with Crippen molar-refractivity contribution < 1.29 is 50.9 Å². The third kappa shape index (κ3) is 8.17. The molecule has 0 aliphatic carbocycles. The molecule has 0 aliphatic heterocycles. The lowest BCUT2D eigenvalue weighted by Crippen LogP contribution is -2.21. The predicted molar refractivity (Wildman–Crippen MR) is 126 cm³/mol. The smallest absolute Gasteiger partial charge is 0.475 e. The van der Waals surface area contributed by atoms with Gasteiger partial charge in [-0.15, -0.1) is 0 Å². The number of hydrogen-bond acceptors (Lipinski definition) is 7. The van der Waals surface area contributed by atoms with Crippen molar-refractivity contribution in [3.05, 3.63) is 54.1 Å². The number of rotatable bonds is 5. The van der Waals surface area contributed by atoms with Crippen molar-refractivity contribution in [2.24, 2.45) is 5.73 Å². The zero-order valence-electron chi connectivity index (χ0n) is 20.1. The molecule has 40 heavy (non-hydrogen) atoms. The summed E-state index contributed by atoms with van der Waals surface area (Å²) in [4.78, 5) is 48.7. The second-order valence-corrected chi connectivity index (χ2v) is 7.40. The Kier molecular flexibility index (Phi) is 9.78. The van der Waals surface area contributed by atoms with E-state index < -0.39 is 30.2 Å². The lowest BCUT2D eigenvalue weighted by Gasteiger charge is -2.13. The minimum atomic E-state index is -5.08. The first-order valence-corrected chi connectivity index (χ1v) is 10.7. The van der Waals surface area contributed by atoms with Crippen LogP contribution in [0.25, 0.3) is 22.7 Å². The molecule has 0 spiro atoms. The maximum atomic E-state index is 11.9. The Hall–Kier alpha value is -5.16. The van der Waals surface area contributed by atoms with Crippen LogP contribution in [-0.4, -0.2) is 65.3 Å². The van der Waals surface area contributed by atoms with E-state index in [0.29, 0.717) is 28.2 Å². The van der Waals surface area contributed by atoms with E-state index in [1.54, 1.807) is 12.5 Å². The highest BCUT2D eigenvalue weighted by Gasteiger charge is 2.38. The summed E-state index contributed by atoms with van der Waals surface area (Å²) in [6.07, 6.45) is -4.64. The number of pyridine rings is 1. The number of alkyl halides is 6. The number of primary amides is 1. The molecule has 0 saturated carbocycles. The molecular formula is C22H19F6N7O5. The summed E-state index contributed by atoms with van der Waals surface area (Å²) in [7, 11) is 0. The largest absolute Gasteiger partial charge is 0.490 e. The topological polar surface area (TPSA) is 200 Å². The van der Waals surface area contributed by atoms with Gasteiger partial charge in [-0.05, 0) is 18.1 Å². The van der Waals surface area contributed by atoms with Crippen LogP contribution in [0.3, 0.4) is 0 Å². The number of halogens is 6. The van der Waals surface area contributed by atoms with E-state index in [-0.39, 0.29) is 0 Å². The number of benzene rings is 1. The molecule has 4 aromatic rings. The fraction of sp³-hybridized carbons (Fsp3) is 0.182. The Balaban J connectivity index is 0.000000333. The number of aromatic nitrogens is 5. The van der Waals surface area contributed by atoms with Crippen molar-refractivity contribution in [1.82, 2.24) is 24.9 Å². The maximum Gasteiger partial charge on any atom is 0.490 e. The number of aliphatic carboxylic acids is 2. The summed E-state index contributed by atoms with van der Waals surface area (Å²) in [6.45, 7) is 2.07. The first kappa shape index (κ1) is 31.1. The summed E-state index contributed by atoms with van der Waals surface area (Å²) in [6, 6.07) is 7.91. The number of amides is 1. The number of imidazole rings is 2. The van der Waals surface area contributed by atoms with Crippen LogP contribution in [0.2, 0.25) is 0 Å². The van der Waals surface area contributed by atoms with Gasteiger partial charge in [0.05, 0.1) is 23.8 Å². The van der Waals surface area contributed by atoms with Crippen LogP contribution in [0.1, 0.15) is 22.8 Å². The van der Waals surface area contributed by atoms with Gasteiger partial charge in [0.15, 0.2) is 11.5 Å². The molecule has 3 heterocycles. The van der Waals surface area contributed by atoms with Crippen LogP contribution in [0.4, 0.5) is 37.7 Å². The Morgan fingerprint density at radius 1 is 1.00 bits per heavy atom. The number of H-pyrrole nitrogens is 2. The molecule has 7 N–H and O–H groups in total. The second-order valence-electron chi connectivity index (χ2n) is 7.40. The molecule has 0 saturated heterocycles. The number of carboxylic acid groups (broad SMARTS) is 2. The first-order chi connectivity index (χ1) is 18.6. The highest BCUT2D eigenvalue weighted by atomic mass is 19.4. The van der Waals surface area contributed by atoms with Crippen molar-refractivity contribution in [2.45, 2.75) is 25.7 Å². The van der Waals surface area contributed by atoms with Gasteiger partial charge in [-0.2, -0.15) is 26.3 Å². The number of nitrogens with zero attached hydrogens (tertiary/aromatic N) is 3. The van der Waals surface area contributed by atoms with Crippen LogP contribution in [-0.2, 0) is 16.0 Å². The Morgan fingerprint density at radius 2 is 1.57 bits per heavy atom. The Bertz CT molecular complexity index is 1460. The van der Waals surface area contributed by atoms with Gasteiger partial charge in [-0.25, -0.2) is 24.5 Å². The van der Waals surface area contributed by atoms with E-state index in [1.807, 2.05) is 24.3 Å². The lowest BCUT2D eigenvalue weighted by atomic mass is 10.1. The molecule has 0 fully saturated rings. The maximum absolute atomic E-state index is 11.9. The number of hydrogen-bond donors (Lipinski definition) is 6. The van der Waals surface area contributed by atoms with Gasteiger partial charge in [0.2, 0.25) is 0 Å². The summed E-state index contributed by atoms with van der Waals surface area (Å²) >= 11 is 0. The van der Waals surface area contributed by atoms with Crippen LogP contribution in [0.5, 0.6) is 0 Å². The van der Waals surface area contributed by atoms with E-state index in [2.05, 4.69) is 37.2 Å². The average Bonchev–Trinajstić information content (AvgIpc) is 3.54. The van der Waals surface area contributed by atoms with Gasteiger partial charge in [-0.1, -0.05) is 25.1 Å². The van der Waals surface area contributed by atoms with E-state index in [9.17, 15) is 31.1 Å². The van der Waals surface area contributed by atoms with Crippen molar-refractivity contribution in [3.8, 4) is 11.5 Å². The molecule has 1 amide bonds. The molecule has 0 atom stereocenters. The van der Waals surface area contributed by atoms with Gasteiger partial charge in [-0.3, -0.25) is 4.79 Å². The number of carboxylic acids is 2. The summed E-state index contributed by atoms with van der Waals surface area (Å²) in [5, 5.41) is 17.6. The van der Waals surface area contributed by atoms with Crippen molar-refractivity contribution >= 4 is 40.4 Å². The van der Waals surface area contributed by atoms with Crippen molar-refractivity contribution in [1.29, 1.82) is 0 Å². The molecule has 3 aromatic heterocycles. The summed E-state index contributed by atoms with van der Waals surface area (Å²) < 4.78 is 63.5. The number of aromatic amines is 2. The molecule has 4 rings (SSSR count). The van der Waals surface area contributed by atoms with E-state index in [1.165, 1.54) is 6.20 Å². The normalized spacial score (nSPS) is 11.1. The zero-order chi connectivity index (χ0) is 30.3. The van der Waals surface area contributed by atoms with E-state index in [4.69, 9.17) is 25.5 Å². The predicted octanol–water partition coefficient (Wildman–Crippen LogP) is 4.02. The molecule has 0 unspecified atom stereocenters. The number of anilines is 2. The van der Waals surface area contributed by atoms with Gasteiger partial charge in [0.1, 0.15) is 11.2 Å². The van der Waals surface area contributed by atoms with E-state index >= 15 is 0 Å². The number of nitrogens with two attached hydrogens (primary N) is 1.